The molecule has 2 fully saturated rings. The molecule has 0 heterocycles. The van der Waals surface area contributed by atoms with Crippen LogP contribution in [-0.2, 0) is 5.41 Å². The molecule has 0 aliphatic heterocycles. The molecule has 0 saturated heterocycles. The Morgan fingerprint density at radius 1 is 1.16 bits per heavy atom. The van der Waals surface area contributed by atoms with E-state index in [0.29, 0.717) is 5.92 Å². The zero-order chi connectivity index (χ0) is 13.6. The molecule has 3 atom stereocenters. The molecule has 0 aromatic heterocycles. The topological polar surface area (TPSA) is 20.2 Å². The summed E-state index contributed by atoms with van der Waals surface area (Å²) in [7, 11) is 0. The molecule has 0 bridgehead atoms. The minimum absolute atomic E-state index is 0.228. The van der Waals surface area contributed by atoms with Crippen LogP contribution >= 0.6 is 0 Å². The Hall–Kier alpha value is -0.820. The lowest BCUT2D eigenvalue weighted by molar-refractivity contribution is 0.137. The predicted octanol–water partition coefficient (Wildman–Crippen LogP) is 4.45. The molecule has 0 radical (unpaired) electrons. The van der Waals surface area contributed by atoms with E-state index in [1.165, 1.54) is 24.8 Å². The Labute approximate surface area is 117 Å². The first kappa shape index (κ1) is 13.2. The number of aliphatic hydroxyl groups is 1. The van der Waals surface area contributed by atoms with Crippen molar-refractivity contribution >= 4 is 0 Å². The molecule has 1 heteroatoms. The SMILES string of the molecule is CCC(C)(C)c1ccc(C(O)C2C3CCCC32)cc1. The third-order valence-corrected chi connectivity index (χ3v) is 5.75. The van der Waals surface area contributed by atoms with Gasteiger partial charge in [0.2, 0.25) is 0 Å². The highest BCUT2D eigenvalue weighted by Crippen LogP contribution is 2.62. The van der Waals surface area contributed by atoms with Crippen molar-refractivity contribution in [3.63, 3.8) is 0 Å². The van der Waals surface area contributed by atoms with Gasteiger partial charge in [0.1, 0.15) is 0 Å². The first-order valence-electron chi connectivity index (χ1n) is 7.83. The van der Waals surface area contributed by atoms with Crippen molar-refractivity contribution in [1.29, 1.82) is 0 Å². The van der Waals surface area contributed by atoms with E-state index in [2.05, 4.69) is 45.0 Å². The van der Waals surface area contributed by atoms with Gasteiger partial charge in [0.25, 0.3) is 0 Å². The Bertz CT molecular complexity index is 435. The maximum atomic E-state index is 10.5. The van der Waals surface area contributed by atoms with Gasteiger partial charge in [0.15, 0.2) is 0 Å². The fraction of sp³-hybridized carbons (Fsp3) is 0.667. The maximum absolute atomic E-state index is 10.5. The summed E-state index contributed by atoms with van der Waals surface area (Å²) < 4.78 is 0. The Balaban J connectivity index is 1.72. The maximum Gasteiger partial charge on any atom is 0.0823 e. The van der Waals surface area contributed by atoms with Crippen molar-refractivity contribution in [2.45, 2.75) is 58.0 Å². The number of fused-ring (bicyclic) bond motifs is 1. The summed E-state index contributed by atoms with van der Waals surface area (Å²) >= 11 is 0. The molecule has 3 unspecified atom stereocenters. The standard InChI is InChI=1S/C18H26O/c1-4-18(2,3)13-10-8-12(9-11-13)17(19)16-14-6-5-7-15(14)16/h8-11,14-17,19H,4-7H2,1-3H3. The minimum Gasteiger partial charge on any atom is -0.388 e. The quantitative estimate of drug-likeness (QED) is 0.845. The van der Waals surface area contributed by atoms with Gasteiger partial charge < -0.3 is 5.11 Å². The van der Waals surface area contributed by atoms with E-state index in [1.54, 1.807) is 0 Å². The summed E-state index contributed by atoms with van der Waals surface area (Å²) in [4.78, 5) is 0. The van der Waals surface area contributed by atoms with Crippen LogP contribution in [0.2, 0.25) is 0 Å². The zero-order valence-corrected chi connectivity index (χ0v) is 12.4. The number of benzene rings is 1. The van der Waals surface area contributed by atoms with Crippen LogP contribution in [-0.4, -0.2) is 5.11 Å². The molecular weight excluding hydrogens is 232 g/mol. The van der Waals surface area contributed by atoms with Crippen molar-refractivity contribution in [3.05, 3.63) is 35.4 Å². The van der Waals surface area contributed by atoms with Gasteiger partial charge in [-0.25, -0.2) is 0 Å². The molecular formula is C18H26O. The zero-order valence-electron chi connectivity index (χ0n) is 12.4. The normalized spacial score (nSPS) is 31.1. The highest BCUT2D eigenvalue weighted by atomic mass is 16.3. The van der Waals surface area contributed by atoms with E-state index in [1.807, 2.05) is 0 Å². The molecule has 0 spiro atoms. The Morgan fingerprint density at radius 2 is 1.74 bits per heavy atom. The second-order valence-electron chi connectivity index (χ2n) is 7.14. The fourth-order valence-electron chi connectivity index (χ4n) is 3.90. The molecule has 2 aliphatic rings. The average Bonchev–Trinajstić information content (AvgIpc) is 2.90. The lowest BCUT2D eigenvalue weighted by Gasteiger charge is -2.24. The van der Waals surface area contributed by atoms with Crippen LogP contribution in [0.15, 0.2) is 24.3 Å². The molecule has 1 aromatic carbocycles. The lowest BCUT2D eigenvalue weighted by Crippen LogP contribution is -2.15. The van der Waals surface area contributed by atoms with Gasteiger partial charge in [-0.2, -0.15) is 0 Å². The van der Waals surface area contributed by atoms with Crippen molar-refractivity contribution in [1.82, 2.24) is 0 Å². The molecule has 3 rings (SSSR count). The number of rotatable bonds is 4. The van der Waals surface area contributed by atoms with E-state index in [9.17, 15) is 5.11 Å². The number of aliphatic hydroxyl groups excluding tert-OH is 1. The number of hydrogen-bond acceptors (Lipinski definition) is 1. The van der Waals surface area contributed by atoms with Crippen molar-refractivity contribution in [2.75, 3.05) is 0 Å². The summed E-state index contributed by atoms with van der Waals surface area (Å²) in [5, 5.41) is 10.5. The molecule has 1 nitrogen and oxygen atoms in total. The molecule has 1 aromatic rings. The molecule has 0 amide bonds. The van der Waals surface area contributed by atoms with Crippen LogP contribution in [0.3, 0.4) is 0 Å². The first-order chi connectivity index (χ1) is 9.04. The first-order valence-corrected chi connectivity index (χ1v) is 7.83. The number of hydrogen-bond donors (Lipinski definition) is 1. The Kier molecular flexibility index (Phi) is 3.21. The second-order valence-corrected chi connectivity index (χ2v) is 7.14. The summed E-state index contributed by atoms with van der Waals surface area (Å²) in [6, 6.07) is 8.71. The molecule has 1 N–H and O–H groups in total. The third-order valence-electron chi connectivity index (χ3n) is 5.75. The van der Waals surface area contributed by atoms with Gasteiger partial charge in [0, 0.05) is 0 Å². The highest BCUT2D eigenvalue weighted by Gasteiger charge is 2.55. The smallest absolute Gasteiger partial charge is 0.0823 e. The molecule has 104 valence electrons. The fourth-order valence-corrected chi connectivity index (χ4v) is 3.90. The van der Waals surface area contributed by atoms with Crippen LogP contribution in [0.1, 0.15) is 63.7 Å². The Morgan fingerprint density at radius 3 is 2.26 bits per heavy atom. The molecule has 2 saturated carbocycles. The highest BCUT2D eigenvalue weighted by molar-refractivity contribution is 5.30. The summed E-state index contributed by atoms with van der Waals surface area (Å²) in [6.45, 7) is 6.79. The average molecular weight is 258 g/mol. The van der Waals surface area contributed by atoms with E-state index in [-0.39, 0.29) is 11.5 Å². The molecule has 19 heavy (non-hydrogen) atoms. The third kappa shape index (κ3) is 2.23. The van der Waals surface area contributed by atoms with E-state index >= 15 is 0 Å². The summed E-state index contributed by atoms with van der Waals surface area (Å²) in [6.07, 6.45) is 4.97. The predicted molar refractivity (Wildman–Crippen MR) is 79.0 cm³/mol. The van der Waals surface area contributed by atoms with Crippen molar-refractivity contribution in [2.24, 2.45) is 17.8 Å². The van der Waals surface area contributed by atoms with Gasteiger partial charge in [0.05, 0.1) is 6.10 Å². The van der Waals surface area contributed by atoms with Gasteiger partial charge in [-0.3, -0.25) is 0 Å². The molecule has 2 aliphatic carbocycles. The van der Waals surface area contributed by atoms with Gasteiger partial charge in [-0.1, -0.05) is 51.5 Å². The summed E-state index contributed by atoms with van der Waals surface area (Å²) in [5.41, 5.74) is 2.73. The van der Waals surface area contributed by atoms with Crippen LogP contribution in [0, 0.1) is 17.8 Å². The van der Waals surface area contributed by atoms with E-state index in [4.69, 9.17) is 0 Å². The monoisotopic (exact) mass is 258 g/mol. The van der Waals surface area contributed by atoms with Crippen molar-refractivity contribution in [3.8, 4) is 0 Å². The van der Waals surface area contributed by atoms with Crippen LogP contribution < -0.4 is 0 Å². The van der Waals surface area contributed by atoms with Crippen LogP contribution in [0.4, 0.5) is 0 Å². The lowest BCUT2D eigenvalue weighted by atomic mass is 9.81. The van der Waals surface area contributed by atoms with Crippen molar-refractivity contribution < 1.29 is 5.11 Å². The van der Waals surface area contributed by atoms with Gasteiger partial charge in [-0.05, 0) is 53.6 Å². The van der Waals surface area contributed by atoms with E-state index in [0.717, 1.165) is 23.8 Å². The largest absolute Gasteiger partial charge is 0.388 e. The second kappa shape index (κ2) is 4.63. The minimum atomic E-state index is -0.228. The van der Waals surface area contributed by atoms with Gasteiger partial charge >= 0.3 is 0 Å². The van der Waals surface area contributed by atoms with Crippen LogP contribution in [0.5, 0.6) is 0 Å². The van der Waals surface area contributed by atoms with E-state index < -0.39 is 0 Å². The van der Waals surface area contributed by atoms with Gasteiger partial charge in [-0.15, -0.1) is 0 Å². The summed E-state index contributed by atoms with van der Waals surface area (Å²) in [5.74, 6) is 2.20. The van der Waals surface area contributed by atoms with Crippen LogP contribution in [0.25, 0.3) is 0 Å².